The second kappa shape index (κ2) is 5.56. The highest BCUT2D eigenvalue weighted by molar-refractivity contribution is 9.10. The molecule has 1 aromatic rings. The Morgan fingerprint density at radius 3 is 2.40 bits per heavy atom. The summed E-state index contributed by atoms with van der Waals surface area (Å²) >= 11 is 3.31. The van der Waals surface area contributed by atoms with Gasteiger partial charge in [0, 0.05) is 16.2 Å². The minimum atomic E-state index is -0.153. The molecule has 0 radical (unpaired) electrons. The summed E-state index contributed by atoms with van der Waals surface area (Å²) in [5.74, 6) is -0.153. The van der Waals surface area contributed by atoms with Crippen molar-refractivity contribution in [3.63, 3.8) is 0 Å². The number of carbonyl (C=O) groups is 1. The molecule has 4 heteroatoms. The lowest BCUT2D eigenvalue weighted by Gasteiger charge is -2.04. The van der Waals surface area contributed by atoms with Gasteiger partial charge in [-0.15, -0.1) is 0 Å². The van der Waals surface area contributed by atoms with Crippen molar-refractivity contribution in [1.29, 1.82) is 0 Å². The summed E-state index contributed by atoms with van der Waals surface area (Å²) in [5.41, 5.74) is 7.00. The summed E-state index contributed by atoms with van der Waals surface area (Å²) in [6.45, 7) is 3.89. The summed E-state index contributed by atoms with van der Waals surface area (Å²) < 4.78 is 0.955. The lowest BCUT2D eigenvalue weighted by molar-refractivity contribution is 0.0941. The molecule has 15 heavy (non-hydrogen) atoms. The fraction of sp³-hybridized carbons (Fsp3) is 0.182. The summed E-state index contributed by atoms with van der Waals surface area (Å²) in [4.78, 5) is 11.5. The molecule has 0 unspecified atom stereocenters. The molecule has 3 nitrogen and oxygen atoms in total. The van der Waals surface area contributed by atoms with Crippen molar-refractivity contribution in [3.05, 3.63) is 46.1 Å². The van der Waals surface area contributed by atoms with Crippen LogP contribution in [0.25, 0.3) is 0 Å². The Morgan fingerprint density at radius 2 is 1.87 bits per heavy atom. The number of amides is 1. The Bertz CT molecular complexity index is 367. The van der Waals surface area contributed by atoms with Crippen LogP contribution in [-0.4, -0.2) is 5.91 Å². The minimum absolute atomic E-state index is 0.153. The van der Waals surface area contributed by atoms with Crippen molar-refractivity contribution in [2.24, 2.45) is 0 Å². The average molecular weight is 269 g/mol. The number of halogens is 1. The molecule has 2 N–H and O–H groups in total. The lowest BCUT2D eigenvalue weighted by Crippen LogP contribution is -2.33. The quantitative estimate of drug-likeness (QED) is 0.828. The molecule has 0 aromatic heterocycles. The highest BCUT2D eigenvalue weighted by atomic mass is 79.9. The summed E-state index contributed by atoms with van der Waals surface area (Å²) in [6, 6.07) is 7.17. The standard InChI is InChI=1S/C11H13BrN2O/c1-8(2)7-13-14-11(15)9-3-5-10(12)6-4-9/h3-7,13H,1-2H3,(H,14,15). The molecule has 0 saturated carbocycles. The van der Waals surface area contributed by atoms with Crippen LogP contribution in [0, 0.1) is 0 Å². The van der Waals surface area contributed by atoms with Crippen molar-refractivity contribution in [2.45, 2.75) is 13.8 Å². The predicted molar refractivity (Wildman–Crippen MR) is 64.2 cm³/mol. The van der Waals surface area contributed by atoms with Gasteiger partial charge in [0.1, 0.15) is 0 Å². The van der Waals surface area contributed by atoms with E-state index in [-0.39, 0.29) is 5.91 Å². The van der Waals surface area contributed by atoms with Crippen molar-refractivity contribution >= 4 is 21.8 Å². The molecule has 0 fully saturated rings. The van der Waals surface area contributed by atoms with Gasteiger partial charge in [-0.2, -0.15) is 0 Å². The monoisotopic (exact) mass is 268 g/mol. The van der Waals surface area contributed by atoms with Crippen molar-refractivity contribution in [2.75, 3.05) is 0 Å². The first-order chi connectivity index (χ1) is 7.09. The molecule has 0 heterocycles. The molecule has 80 valence electrons. The third-order valence-electron chi connectivity index (χ3n) is 1.65. The third-order valence-corrected chi connectivity index (χ3v) is 2.18. The maximum absolute atomic E-state index is 11.5. The van der Waals surface area contributed by atoms with Gasteiger partial charge in [0.2, 0.25) is 0 Å². The first kappa shape index (κ1) is 11.8. The van der Waals surface area contributed by atoms with Gasteiger partial charge in [-0.1, -0.05) is 21.5 Å². The topological polar surface area (TPSA) is 41.1 Å². The van der Waals surface area contributed by atoms with E-state index in [0.29, 0.717) is 5.56 Å². The van der Waals surface area contributed by atoms with Gasteiger partial charge in [0.15, 0.2) is 0 Å². The summed E-state index contributed by atoms with van der Waals surface area (Å²) in [6.07, 6.45) is 1.73. The number of benzene rings is 1. The van der Waals surface area contributed by atoms with Gasteiger partial charge in [-0.3, -0.25) is 10.2 Å². The Kier molecular flexibility index (Phi) is 4.37. The fourth-order valence-electron chi connectivity index (χ4n) is 0.919. The first-order valence-corrected chi connectivity index (χ1v) is 5.33. The van der Waals surface area contributed by atoms with E-state index in [4.69, 9.17) is 0 Å². The lowest BCUT2D eigenvalue weighted by atomic mass is 10.2. The molecule has 0 saturated heterocycles. The van der Waals surface area contributed by atoms with Crippen LogP contribution >= 0.6 is 15.9 Å². The van der Waals surface area contributed by atoms with Gasteiger partial charge in [0.05, 0.1) is 0 Å². The van der Waals surface area contributed by atoms with E-state index < -0.39 is 0 Å². The molecule has 0 aliphatic heterocycles. The predicted octanol–water partition coefficient (Wildman–Crippen LogP) is 2.61. The van der Waals surface area contributed by atoms with Gasteiger partial charge in [-0.05, 0) is 38.1 Å². The van der Waals surface area contributed by atoms with Gasteiger partial charge in [0.25, 0.3) is 5.91 Å². The zero-order valence-electron chi connectivity index (χ0n) is 8.67. The fourth-order valence-corrected chi connectivity index (χ4v) is 1.18. The van der Waals surface area contributed by atoms with Gasteiger partial charge in [-0.25, -0.2) is 0 Å². The van der Waals surface area contributed by atoms with E-state index in [1.807, 2.05) is 26.0 Å². The number of allylic oxidation sites excluding steroid dienone is 1. The highest BCUT2D eigenvalue weighted by Crippen LogP contribution is 2.09. The molecule has 0 aliphatic carbocycles. The Morgan fingerprint density at radius 1 is 1.27 bits per heavy atom. The maximum atomic E-state index is 11.5. The largest absolute Gasteiger partial charge is 0.306 e. The normalized spacial score (nSPS) is 9.27. The Hall–Kier alpha value is -1.29. The average Bonchev–Trinajstić information content (AvgIpc) is 2.18. The van der Waals surface area contributed by atoms with Crippen LogP contribution in [0.15, 0.2) is 40.5 Å². The van der Waals surface area contributed by atoms with Gasteiger partial charge >= 0.3 is 0 Å². The highest BCUT2D eigenvalue weighted by Gasteiger charge is 2.02. The number of hydrogen-bond donors (Lipinski definition) is 2. The third kappa shape index (κ3) is 4.16. The van der Waals surface area contributed by atoms with E-state index in [2.05, 4.69) is 26.8 Å². The SMILES string of the molecule is CC(C)=CNNC(=O)c1ccc(Br)cc1. The van der Waals surface area contributed by atoms with Crippen LogP contribution < -0.4 is 10.9 Å². The molecule has 1 amide bonds. The van der Waals surface area contributed by atoms with Crippen LogP contribution in [0.2, 0.25) is 0 Å². The van der Waals surface area contributed by atoms with Crippen LogP contribution in [-0.2, 0) is 0 Å². The zero-order chi connectivity index (χ0) is 11.3. The zero-order valence-corrected chi connectivity index (χ0v) is 10.3. The van der Waals surface area contributed by atoms with E-state index in [9.17, 15) is 4.79 Å². The number of nitrogens with one attached hydrogen (secondary N) is 2. The van der Waals surface area contributed by atoms with Crippen LogP contribution in [0.1, 0.15) is 24.2 Å². The minimum Gasteiger partial charge on any atom is -0.306 e. The van der Waals surface area contributed by atoms with E-state index in [1.165, 1.54) is 0 Å². The molecule has 1 aromatic carbocycles. The Labute approximate surface area is 97.7 Å². The molecule has 0 spiro atoms. The molecule has 0 aliphatic rings. The Balaban J connectivity index is 2.54. The molecular weight excluding hydrogens is 256 g/mol. The van der Waals surface area contributed by atoms with E-state index in [1.54, 1.807) is 18.3 Å². The van der Waals surface area contributed by atoms with E-state index in [0.717, 1.165) is 10.0 Å². The smallest absolute Gasteiger partial charge is 0.269 e. The van der Waals surface area contributed by atoms with Crippen molar-refractivity contribution < 1.29 is 4.79 Å². The first-order valence-electron chi connectivity index (χ1n) is 4.54. The van der Waals surface area contributed by atoms with Crippen LogP contribution in [0.5, 0.6) is 0 Å². The number of hydrogen-bond acceptors (Lipinski definition) is 2. The summed E-state index contributed by atoms with van der Waals surface area (Å²) in [7, 11) is 0. The maximum Gasteiger partial charge on any atom is 0.269 e. The second-order valence-electron chi connectivity index (χ2n) is 3.33. The van der Waals surface area contributed by atoms with Gasteiger partial charge < -0.3 is 5.43 Å². The molecule has 0 bridgehead atoms. The molecule has 0 atom stereocenters. The van der Waals surface area contributed by atoms with Crippen LogP contribution in [0.4, 0.5) is 0 Å². The van der Waals surface area contributed by atoms with Crippen molar-refractivity contribution in [3.8, 4) is 0 Å². The summed E-state index contributed by atoms with van der Waals surface area (Å²) in [5, 5.41) is 0. The number of hydrazine groups is 1. The molecular formula is C11H13BrN2O. The van der Waals surface area contributed by atoms with Crippen molar-refractivity contribution in [1.82, 2.24) is 10.9 Å². The van der Waals surface area contributed by atoms with E-state index >= 15 is 0 Å². The molecule has 1 rings (SSSR count). The second-order valence-corrected chi connectivity index (χ2v) is 4.24. The number of rotatable bonds is 3. The number of carbonyl (C=O) groups excluding carboxylic acids is 1. The van der Waals surface area contributed by atoms with Crippen LogP contribution in [0.3, 0.4) is 0 Å².